The van der Waals surface area contributed by atoms with Crippen molar-refractivity contribution in [2.24, 2.45) is 16.6 Å². The maximum Gasteiger partial charge on any atom is 0.407 e. The number of rotatable bonds is 3. The molecule has 2 aliphatic rings. The molecule has 2 aromatic carbocycles. The van der Waals surface area contributed by atoms with Crippen LogP contribution in [-0.4, -0.2) is 46.1 Å². The number of carboxylic acid groups (broad SMARTS) is 1. The Morgan fingerprint density at radius 1 is 1.27 bits per heavy atom. The van der Waals surface area contributed by atoms with Crippen molar-refractivity contribution in [3.05, 3.63) is 66.0 Å². The van der Waals surface area contributed by atoms with Crippen molar-refractivity contribution in [1.29, 1.82) is 0 Å². The summed E-state index contributed by atoms with van der Waals surface area (Å²) >= 11 is 0. The highest BCUT2D eigenvalue weighted by atomic mass is 19.1. The molecule has 1 spiro atoms. The summed E-state index contributed by atoms with van der Waals surface area (Å²) in [4.78, 5) is 31.6. The van der Waals surface area contributed by atoms with Crippen LogP contribution in [-0.2, 0) is 6.42 Å². The molecule has 3 N–H and O–H groups in total. The molecule has 3 atom stereocenters. The van der Waals surface area contributed by atoms with Crippen LogP contribution < -0.4 is 10.6 Å². The number of hydrogen-bond acceptors (Lipinski definition) is 3. The van der Waals surface area contributed by atoms with Gasteiger partial charge in [-0.05, 0) is 43.5 Å². The van der Waals surface area contributed by atoms with Gasteiger partial charge < -0.3 is 15.7 Å². The molecule has 8 heteroatoms. The van der Waals surface area contributed by atoms with E-state index in [2.05, 4.69) is 4.99 Å². The Bertz CT molecular complexity index is 1010. The summed E-state index contributed by atoms with van der Waals surface area (Å²) < 4.78 is 14.0. The van der Waals surface area contributed by atoms with E-state index in [4.69, 9.17) is 5.73 Å². The summed E-state index contributed by atoms with van der Waals surface area (Å²) in [5, 5.41) is 9.70. The van der Waals surface area contributed by atoms with Crippen molar-refractivity contribution in [3.8, 4) is 0 Å². The zero-order chi connectivity index (χ0) is 21.5. The van der Waals surface area contributed by atoms with E-state index >= 15 is 0 Å². The van der Waals surface area contributed by atoms with Crippen LogP contribution in [0.2, 0.25) is 0 Å². The Morgan fingerprint density at radius 2 is 2.00 bits per heavy atom. The average molecular weight is 410 g/mol. The number of benzene rings is 2. The van der Waals surface area contributed by atoms with E-state index in [-0.39, 0.29) is 24.7 Å². The lowest BCUT2D eigenvalue weighted by molar-refractivity contribution is 0.0632. The molecule has 156 valence electrons. The zero-order valence-corrected chi connectivity index (χ0v) is 16.5. The predicted octanol–water partition coefficient (Wildman–Crippen LogP) is 3.49. The predicted molar refractivity (Wildman–Crippen MR) is 111 cm³/mol. The molecule has 4 rings (SSSR count). The first-order valence-corrected chi connectivity index (χ1v) is 9.82. The molecule has 0 saturated carbocycles. The fourth-order valence-corrected chi connectivity index (χ4v) is 4.86. The van der Waals surface area contributed by atoms with Gasteiger partial charge in [-0.25, -0.2) is 14.0 Å². The monoisotopic (exact) mass is 410 g/mol. The Hall–Kier alpha value is -3.42. The van der Waals surface area contributed by atoms with Crippen molar-refractivity contribution >= 4 is 23.6 Å². The number of amides is 3. The summed E-state index contributed by atoms with van der Waals surface area (Å²) in [5.41, 5.74) is 6.67. The number of aliphatic imine (C=N–C) groups is 1. The van der Waals surface area contributed by atoms with Crippen LogP contribution in [0.5, 0.6) is 0 Å². The van der Waals surface area contributed by atoms with E-state index in [1.165, 1.54) is 28.0 Å². The van der Waals surface area contributed by atoms with Crippen molar-refractivity contribution in [3.63, 3.8) is 0 Å². The lowest BCUT2D eigenvalue weighted by Crippen LogP contribution is -2.69. The Morgan fingerprint density at radius 3 is 2.67 bits per heavy atom. The number of amidine groups is 1. The SMILES string of the molecule is CC1C(Cc2ccccc2)C2(CCN1C(=O)O)C(N)=NC(=O)N2c1cccc(F)c1. The molecule has 7 nitrogen and oxygen atoms in total. The first kappa shape index (κ1) is 19.9. The fraction of sp³-hybridized carbons (Fsp3) is 0.318. The third-order valence-corrected chi connectivity index (χ3v) is 6.28. The van der Waals surface area contributed by atoms with Gasteiger partial charge in [0.25, 0.3) is 0 Å². The summed E-state index contributed by atoms with van der Waals surface area (Å²) in [5.74, 6) is -0.700. The van der Waals surface area contributed by atoms with Gasteiger partial charge >= 0.3 is 12.1 Å². The second-order valence-electron chi connectivity index (χ2n) is 7.78. The molecule has 3 unspecified atom stereocenters. The molecule has 1 saturated heterocycles. The molecule has 0 radical (unpaired) electrons. The van der Waals surface area contributed by atoms with Crippen LogP contribution in [0.25, 0.3) is 0 Å². The van der Waals surface area contributed by atoms with Crippen molar-refractivity contribution in [2.45, 2.75) is 31.3 Å². The van der Waals surface area contributed by atoms with Crippen molar-refractivity contribution in [1.82, 2.24) is 4.90 Å². The highest BCUT2D eigenvalue weighted by Crippen LogP contribution is 2.45. The van der Waals surface area contributed by atoms with Gasteiger partial charge in [0.05, 0.1) is 0 Å². The van der Waals surface area contributed by atoms with Gasteiger partial charge in [-0.1, -0.05) is 36.4 Å². The van der Waals surface area contributed by atoms with Crippen LogP contribution in [0, 0.1) is 11.7 Å². The Kier molecular flexibility index (Phi) is 4.93. The van der Waals surface area contributed by atoms with E-state index in [0.29, 0.717) is 12.1 Å². The van der Waals surface area contributed by atoms with E-state index < -0.39 is 29.5 Å². The third kappa shape index (κ3) is 3.08. The van der Waals surface area contributed by atoms with E-state index in [1.807, 2.05) is 37.3 Å². The molecule has 1 fully saturated rings. The van der Waals surface area contributed by atoms with Gasteiger partial charge in [-0.3, -0.25) is 4.90 Å². The molecule has 0 aromatic heterocycles. The van der Waals surface area contributed by atoms with Crippen LogP contribution in [0.3, 0.4) is 0 Å². The number of likely N-dealkylation sites (tertiary alicyclic amines) is 1. The molecule has 0 aliphatic carbocycles. The summed E-state index contributed by atoms with van der Waals surface area (Å²) in [7, 11) is 0. The number of hydrogen-bond donors (Lipinski definition) is 2. The van der Waals surface area contributed by atoms with Crippen molar-refractivity contribution in [2.75, 3.05) is 11.4 Å². The zero-order valence-electron chi connectivity index (χ0n) is 16.5. The Labute approximate surface area is 173 Å². The van der Waals surface area contributed by atoms with Gasteiger partial charge in [-0.2, -0.15) is 4.99 Å². The summed E-state index contributed by atoms with van der Waals surface area (Å²) in [6.07, 6.45) is -0.257. The van der Waals surface area contributed by atoms with Crippen molar-refractivity contribution < 1.29 is 19.1 Å². The number of nitrogens with two attached hydrogens (primary N) is 1. The van der Waals surface area contributed by atoms with Gasteiger partial charge in [0.1, 0.15) is 17.2 Å². The van der Waals surface area contributed by atoms with Crippen LogP contribution in [0.4, 0.5) is 19.7 Å². The van der Waals surface area contributed by atoms with E-state index in [1.54, 1.807) is 6.07 Å². The van der Waals surface area contributed by atoms with Crippen LogP contribution in [0.1, 0.15) is 18.9 Å². The minimum Gasteiger partial charge on any atom is -0.465 e. The first-order chi connectivity index (χ1) is 14.3. The number of urea groups is 1. The molecular weight excluding hydrogens is 387 g/mol. The number of nitrogens with zero attached hydrogens (tertiary/aromatic N) is 3. The second-order valence-corrected chi connectivity index (χ2v) is 7.78. The fourth-order valence-electron chi connectivity index (χ4n) is 4.86. The first-order valence-electron chi connectivity index (χ1n) is 9.82. The molecule has 2 heterocycles. The summed E-state index contributed by atoms with van der Waals surface area (Å²) in [6.45, 7) is 2.01. The molecule has 3 amide bonds. The number of anilines is 1. The van der Waals surface area contributed by atoms with Crippen LogP contribution >= 0.6 is 0 Å². The third-order valence-electron chi connectivity index (χ3n) is 6.28. The smallest absolute Gasteiger partial charge is 0.407 e. The largest absolute Gasteiger partial charge is 0.465 e. The minimum atomic E-state index is -1.04. The van der Waals surface area contributed by atoms with E-state index in [9.17, 15) is 19.1 Å². The number of halogens is 1. The highest BCUT2D eigenvalue weighted by Gasteiger charge is 2.59. The quantitative estimate of drug-likeness (QED) is 0.809. The van der Waals surface area contributed by atoms with Gasteiger partial charge in [-0.15, -0.1) is 0 Å². The lowest BCUT2D eigenvalue weighted by Gasteiger charge is -2.52. The summed E-state index contributed by atoms with van der Waals surface area (Å²) in [6, 6.07) is 14.4. The minimum absolute atomic E-state index is 0.148. The second kappa shape index (κ2) is 7.44. The molecule has 0 bridgehead atoms. The van der Waals surface area contributed by atoms with E-state index in [0.717, 1.165) is 5.56 Å². The normalized spacial score (nSPS) is 26.2. The topological polar surface area (TPSA) is 99.2 Å². The van der Waals surface area contributed by atoms with Gasteiger partial charge in [0.2, 0.25) is 0 Å². The molecule has 2 aliphatic heterocycles. The molecule has 30 heavy (non-hydrogen) atoms. The Balaban J connectivity index is 1.85. The van der Waals surface area contributed by atoms with Gasteiger partial charge in [0.15, 0.2) is 0 Å². The highest BCUT2D eigenvalue weighted by molar-refractivity contribution is 6.15. The lowest BCUT2D eigenvalue weighted by atomic mass is 9.69. The number of carbonyl (C=O) groups excluding carboxylic acids is 1. The molecule has 2 aromatic rings. The molecular formula is C22H23FN4O3. The van der Waals surface area contributed by atoms with Gasteiger partial charge in [0, 0.05) is 24.2 Å². The average Bonchev–Trinajstić information content (AvgIpc) is 2.95. The maximum absolute atomic E-state index is 14.0. The standard InChI is InChI=1S/C22H23FN4O3/c1-14-18(12-15-6-3-2-4-7-15)22(10-11-26(14)21(29)30)19(24)25-20(28)27(22)17-9-5-8-16(23)13-17/h2-9,13-14,18H,10-12H2,1H3,(H,29,30)(H2,24,25,28). The van der Waals surface area contributed by atoms with Crippen LogP contribution in [0.15, 0.2) is 59.6 Å². The maximum atomic E-state index is 14.0. The number of carbonyl (C=O) groups is 2. The number of piperidine rings is 1.